The zero-order chi connectivity index (χ0) is 63.9. The first-order valence-corrected chi connectivity index (χ1v) is 31.1. The van der Waals surface area contributed by atoms with Gasteiger partial charge in [0, 0.05) is 10.8 Å². The van der Waals surface area contributed by atoms with Crippen LogP contribution < -0.4 is 0 Å². The molecule has 0 bridgehead atoms. The Morgan fingerprint density at radius 1 is 0.529 bits per heavy atom. The molecule has 5 aliphatic heterocycles. The van der Waals surface area contributed by atoms with E-state index in [0.29, 0.717) is 32.1 Å². The number of aliphatic carboxylic acids is 1. The van der Waals surface area contributed by atoms with Crippen molar-refractivity contribution in [3.05, 3.63) is 11.6 Å². The van der Waals surface area contributed by atoms with E-state index in [0.717, 1.165) is 12.8 Å². The van der Waals surface area contributed by atoms with Gasteiger partial charge in [-0.15, -0.1) is 0 Å². The lowest BCUT2D eigenvalue weighted by atomic mass is 9.33. The summed E-state index contributed by atoms with van der Waals surface area (Å²) in [4.78, 5) is 12.8. The molecular formula is C60H98O27. The Kier molecular flexibility index (Phi) is 19.2. The SMILES string of the molecule is C[C@H]1O[C@@H](OC[C@H]2O[C@@H](O[C@H]3[C@H](O[C@H]4CC[C@]5(C)C6CC=C7[C@@H]8CC(C)(C)[C@@H](O[C@@H]9O[C@H](C)[C@@H](O)[C@@H](O)[C@H]9O)[C@@H](O)[C@]8(C)CC[C@@]7(C)[C@]6(C)CC[C@H]5[C@@]4(C)CO)O[C@H](C(=O)O)[C@@H](O)[C@H]3O)[C@H](O[C@@H]3O[C@H](C)[C@H](O)[C@@H](O)[C@H]3O)[C@H](O)[C@@H]2O)[C@H](O)[C@H](O)[C@H]1O. The van der Waals surface area contributed by atoms with Crippen molar-refractivity contribution in [3.8, 4) is 0 Å². The maximum Gasteiger partial charge on any atom is 0.335 e. The molecule has 5 aliphatic carbocycles. The van der Waals surface area contributed by atoms with Crippen LogP contribution >= 0.6 is 0 Å². The van der Waals surface area contributed by atoms with Gasteiger partial charge in [-0.1, -0.05) is 60.1 Å². The van der Waals surface area contributed by atoms with E-state index in [1.807, 2.05) is 20.8 Å². The molecule has 87 heavy (non-hydrogen) atoms. The highest BCUT2D eigenvalue weighted by Gasteiger charge is 2.71. The maximum atomic E-state index is 12.8. The van der Waals surface area contributed by atoms with Gasteiger partial charge < -0.3 is 129 Å². The fraction of sp³-hybridized carbons (Fsp3) is 0.950. The summed E-state index contributed by atoms with van der Waals surface area (Å²) in [5, 5.41) is 177. The average Bonchev–Trinajstić information content (AvgIpc) is 0.679. The summed E-state index contributed by atoms with van der Waals surface area (Å²) in [6, 6.07) is 0. The van der Waals surface area contributed by atoms with Gasteiger partial charge in [-0.25, -0.2) is 4.79 Å². The number of aliphatic hydroxyl groups excluding tert-OH is 15. The molecule has 1 unspecified atom stereocenters. The molecule has 0 aromatic carbocycles. The van der Waals surface area contributed by atoms with Crippen molar-refractivity contribution >= 4 is 5.97 Å². The number of hydrogen-bond donors (Lipinski definition) is 16. The lowest BCUT2D eigenvalue weighted by Crippen LogP contribution is -2.69. The first-order chi connectivity index (χ1) is 40.5. The molecule has 5 heterocycles. The van der Waals surface area contributed by atoms with Gasteiger partial charge in [-0.2, -0.15) is 0 Å². The second-order valence-electron chi connectivity index (χ2n) is 29.2. The van der Waals surface area contributed by atoms with Gasteiger partial charge in [0.05, 0.1) is 49.8 Å². The molecule has 10 rings (SSSR count). The molecule has 4 saturated carbocycles. The molecule has 0 spiro atoms. The highest BCUT2D eigenvalue weighted by Crippen LogP contribution is 2.76. The van der Waals surface area contributed by atoms with Gasteiger partial charge in [-0.3, -0.25) is 0 Å². The smallest absolute Gasteiger partial charge is 0.335 e. The van der Waals surface area contributed by atoms with E-state index in [9.17, 15) is 86.5 Å². The number of carbonyl (C=O) groups is 1. The predicted octanol–water partition coefficient (Wildman–Crippen LogP) is -2.62. The summed E-state index contributed by atoms with van der Waals surface area (Å²) in [7, 11) is 0. The van der Waals surface area contributed by atoms with Crippen LogP contribution in [-0.4, -0.2) is 273 Å². The van der Waals surface area contributed by atoms with Crippen LogP contribution in [0, 0.1) is 50.2 Å². The first kappa shape index (κ1) is 68.1. The number of hydrogen-bond acceptors (Lipinski definition) is 26. The molecule has 36 atom stereocenters. The standard InChI is InChI=1S/C60H98O27/c1-22-31(62)35(66)41(72)50(79-22)78-20-27-34(65)38(69)45(85-51-42(73)36(67)32(63)23(2)80-51)53(82-27)86-46-40(71)39(70)44(49(76)77)84-54(46)83-30-14-15-57(7)28(58(30,8)21-61)13-16-60(10)29(57)12-11-25-26-19-55(4,5)48(47(75)56(26,6)17-18-59(25,60)9)87-52-43(74)37(68)33(64)24(3)81-52/h11,22-24,26-48,50-54,61-75H,12-21H2,1-10H3,(H,76,77)/t22-,23-,24-,26+,27-,28-,29?,30+,31+,32+,33-,34-,35-,36-,37-,38-,39+,40-,41-,42-,43-,44+,45-,46-,47-,48+,50-,51+,52+,53+,54-,56-,57+,58-,59-,60-/m1/s1. The van der Waals surface area contributed by atoms with Crippen molar-refractivity contribution in [3.63, 3.8) is 0 Å². The van der Waals surface area contributed by atoms with Crippen LogP contribution in [0.5, 0.6) is 0 Å². The molecule has 16 N–H and O–H groups in total. The third kappa shape index (κ3) is 11.1. The molecule has 9 fully saturated rings. The fourth-order valence-electron chi connectivity index (χ4n) is 17.9. The van der Waals surface area contributed by atoms with Crippen molar-refractivity contribution in [2.24, 2.45) is 50.2 Å². The van der Waals surface area contributed by atoms with E-state index >= 15 is 0 Å². The van der Waals surface area contributed by atoms with E-state index in [2.05, 4.69) is 33.8 Å². The Morgan fingerprint density at radius 2 is 1.05 bits per heavy atom. The Hall–Kier alpha value is -1.79. The molecule has 0 amide bonds. The zero-order valence-electron chi connectivity index (χ0n) is 51.2. The molecule has 0 aromatic rings. The maximum absolute atomic E-state index is 12.8. The lowest BCUT2D eigenvalue weighted by molar-refractivity contribution is -0.398. The number of allylic oxidation sites excluding steroid dienone is 2. The van der Waals surface area contributed by atoms with Crippen molar-refractivity contribution in [1.82, 2.24) is 0 Å². The minimum atomic E-state index is -2.18. The summed E-state index contributed by atoms with van der Waals surface area (Å²) in [6.45, 7) is 18.3. The Bertz CT molecular complexity index is 2460. The number of ether oxygens (including phenoxy) is 10. The van der Waals surface area contributed by atoms with Crippen molar-refractivity contribution in [2.75, 3.05) is 13.2 Å². The third-order valence-electron chi connectivity index (χ3n) is 23.8. The molecule has 5 saturated heterocycles. The normalized spacial score (nSPS) is 56.9. The summed E-state index contributed by atoms with van der Waals surface area (Å²) >= 11 is 0. The highest BCUT2D eigenvalue weighted by atomic mass is 16.8. The van der Waals surface area contributed by atoms with E-state index in [1.54, 1.807) is 6.92 Å². The first-order valence-electron chi connectivity index (χ1n) is 31.1. The van der Waals surface area contributed by atoms with Crippen LogP contribution in [0.1, 0.15) is 121 Å². The molecule has 0 radical (unpaired) electrons. The monoisotopic (exact) mass is 1250 g/mol. The average molecular weight is 1250 g/mol. The largest absolute Gasteiger partial charge is 0.479 e. The Labute approximate surface area is 506 Å². The Balaban J connectivity index is 0.909. The molecule has 500 valence electrons. The van der Waals surface area contributed by atoms with E-state index in [-0.39, 0.29) is 35.0 Å². The van der Waals surface area contributed by atoms with Gasteiger partial charge in [0.1, 0.15) is 97.7 Å². The molecule has 27 nitrogen and oxygen atoms in total. The Morgan fingerprint density at radius 3 is 1.61 bits per heavy atom. The molecule has 27 heteroatoms. The number of carboxylic acid groups (broad SMARTS) is 1. The minimum Gasteiger partial charge on any atom is -0.479 e. The van der Waals surface area contributed by atoms with Crippen molar-refractivity contribution in [1.29, 1.82) is 0 Å². The van der Waals surface area contributed by atoms with Gasteiger partial charge in [0.15, 0.2) is 37.6 Å². The van der Waals surface area contributed by atoms with Gasteiger partial charge in [0.2, 0.25) is 0 Å². The number of carboxylic acids is 1. The zero-order valence-corrected chi connectivity index (χ0v) is 51.2. The molecular weight excluding hydrogens is 1150 g/mol. The van der Waals surface area contributed by atoms with Crippen LogP contribution in [0.3, 0.4) is 0 Å². The van der Waals surface area contributed by atoms with Crippen LogP contribution in [0.2, 0.25) is 0 Å². The second-order valence-corrected chi connectivity index (χ2v) is 29.2. The summed E-state index contributed by atoms with van der Waals surface area (Å²) in [5.41, 5.74) is -2.14. The molecule has 10 aliphatic rings. The topological polar surface area (TPSA) is 433 Å². The van der Waals surface area contributed by atoms with Crippen molar-refractivity contribution < 1.29 is 134 Å². The summed E-state index contributed by atoms with van der Waals surface area (Å²) < 4.78 is 60.7. The van der Waals surface area contributed by atoms with Crippen LogP contribution in [0.15, 0.2) is 11.6 Å². The van der Waals surface area contributed by atoms with E-state index in [4.69, 9.17) is 47.4 Å². The van der Waals surface area contributed by atoms with E-state index in [1.165, 1.54) is 19.4 Å². The number of fused-ring (bicyclic) bond motifs is 7. The van der Waals surface area contributed by atoms with Crippen LogP contribution in [0.25, 0.3) is 0 Å². The van der Waals surface area contributed by atoms with Gasteiger partial charge in [-0.05, 0) is 112 Å². The fourth-order valence-corrected chi connectivity index (χ4v) is 17.9. The number of aliphatic hydroxyl groups is 15. The summed E-state index contributed by atoms with van der Waals surface area (Å²) in [6.07, 6.45) is -37.7. The minimum absolute atomic E-state index is 0.0555. The van der Waals surface area contributed by atoms with Crippen LogP contribution in [-0.2, 0) is 52.2 Å². The van der Waals surface area contributed by atoms with Crippen LogP contribution in [0.4, 0.5) is 0 Å². The summed E-state index contributed by atoms with van der Waals surface area (Å²) in [5.74, 6) is -1.88. The predicted molar refractivity (Wildman–Crippen MR) is 294 cm³/mol. The quantitative estimate of drug-likeness (QED) is 0.0663. The number of rotatable bonds is 13. The lowest BCUT2D eigenvalue weighted by Gasteiger charge is -2.72. The van der Waals surface area contributed by atoms with Gasteiger partial charge in [0.25, 0.3) is 0 Å². The second kappa shape index (κ2) is 24.5. The third-order valence-corrected chi connectivity index (χ3v) is 23.8. The van der Waals surface area contributed by atoms with E-state index < -0.39 is 213 Å². The molecule has 0 aromatic heterocycles. The van der Waals surface area contributed by atoms with Crippen molar-refractivity contribution in [2.45, 2.75) is 292 Å². The van der Waals surface area contributed by atoms with Gasteiger partial charge >= 0.3 is 5.97 Å². The highest BCUT2D eigenvalue weighted by molar-refractivity contribution is 5.73.